The molecule has 0 spiro atoms. The number of esters is 1. The number of alkyl halides is 3. The third kappa shape index (κ3) is 2.61. The fourth-order valence-electron chi connectivity index (χ4n) is 1.37. The molecule has 1 aromatic carbocycles. The van der Waals surface area contributed by atoms with Crippen molar-refractivity contribution in [1.82, 2.24) is 0 Å². The molecule has 1 saturated heterocycles. The summed E-state index contributed by atoms with van der Waals surface area (Å²) in [7, 11) is 0. The quantitative estimate of drug-likeness (QED) is 0.607. The second-order valence-electron chi connectivity index (χ2n) is 3.76. The largest absolute Gasteiger partial charge is 0.454 e. The van der Waals surface area contributed by atoms with E-state index in [4.69, 9.17) is 9.47 Å². The first kappa shape index (κ1) is 12.8. The van der Waals surface area contributed by atoms with Crippen LogP contribution in [0.3, 0.4) is 0 Å². The second-order valence-corrected chi connectivity index (χ2v) is 3.76. The van der Waals surface area contributed by atoms with Gasteiger partial charge < -0.3 is 9.47 Å². The molecule has 0 saturated carbocycles. The smallest absolute Gasteiger partial charge is 0.419 e. The van der Waals surface area contributed by atoms with Gasteiger partial charge in [-0.1, -0.05) is 0 Å². The normalized spacial score (nSPS) is 16.2. The Labute approximate surface area is 99.3 Å². The molecule has 0 unspecified atom stereocenters. The van der Waals surface area contributed by atoms with Crippen molar-refractivity contribution < 1.29 is 31.8 Å². The van der Waals surface area contributed by atoms with Gasteiger partial charge >= 0.3 is 12.1 Å². The predicted molar refractivity (Wildman–Crippen MR) is 51.4 cm³/mol. The van der Waals surface area contributed by atoms with E-state index in [1.165, 1.54) is 0 Å². The first-order chi connectivity index (χ1) is 8.38. The highest BCUT2D eigenvalue weighted by Crippen LogP contribution is 2.32. The molecule has 98 valence electrons. The molecule has 0 amide bonds. The maximum absolute atomic E-state index is 13.0. The second kappa shape index (κ2) is 4.56. The first-order valence-electron chi connectivity index (χ1n) is 5.03. The molecular weight excluding hydrogens is 256 g/mol. The minimum atomic E-state index is -4.85. The van der Waals surface area contributed by atoms with Gasteiger partial charge in [0.25, 0.3) is 0 Å². The number of halogens is 4. The summed E-state index contributed by atoms with van der Waals surface area (Å²) < 4.78 is 59.8. The van der Waals surface area contributed by atoms with Crippen LogP contribution in [0.15, 0.2) is 18.2 Å². The highest BCUT2D eigenvalue weighted by molar-refractivity contribution is 5.89. The number of benzene rings is 1. The van der Waals surface area contributed by atoms with Crippen LogP contribution < -0.4 is 0 Å². The molecule has 1 aliphatic heterocycles. The summed E-state index contributed by atoms with van der Waals surface area (Å²) in [6.07, 6.45) is -5.29. The molecular formula is C11H8F4O3. The molecule has 18 heavy (non-hydrogen) atoms. The molecule has 0 radical (unpaired) electrons. The van der Waals surface area contributed by atoms with Crippen molar-refractivity contribution in [3.63, 3.8) is 0 Å². The Balaban J connectivity index is 2.20. The number of carbonyl (C=O) groups is 1. The Bertz CT molecular complexity index is 466. The lowest BCUT2D eigenvalue weighted by molar-refractivity contribution is -0.140. The average molecular weight is 264 g/mol. The summed E-state index contributed by atoms with van der Waals surface area (Å²) in [5, 5.41) is 0. The topological polar surface area (TPSA) is 35.5 Å². The summed E-state index contributed by atoms with van der Waals surface area (Å²) in [4.78, 5) is 11.5. The molecule has 1 aliphatic rings. The van der Waals surface area contributed by atoms with Crippen molar-refractivity contribution in [2.24, 2.45) is 0 Å². The Morgan fingerprint density at radius 3 is 2.50 bits per heavy atom. The van der Waals surface area contributed by atoms with Crippen LogP contribution in [0, 0.1) is 5.82 Å². The number of hydrogen-bond donors (Lipinski definition) is 0. The van der Waals surface area contributed by atoms with Crippen molar-refractivity contribution in [2.45, 2.75) is 12.3 Å². The van der Waals surface area contributed by atoms with Crippen LogP contribution in [0.2, 0.25) is 0 Å². The average Bonchev–Trinajstić information content (AvgIpc) is 2.22. The maximum atomic E-state index is 13.0. The van der Waals surface area contributed by atoms with E-state index >= 15 is 0 Å². The van der Waals surface area contributed by atoms with E-state index in [0.717, 1.165) is 6.07 Å². The number of rotatable bonds is 2. The third-order valence-electron chi connectivity index (χ3n) is 2.39. The number of carbonyl (C=O) groups excluding carboxylic acids is 1. The first-order valence-corrected chi connectivity index (χ1v) is 5.03. The van der Waals surface area contributed by atoms with E-state index in [1.807, 2.05) is 0 Å². The van der Waals surface area contributed by atoms with E-state index in [0.29, 0.717) is 12.1 Å². The van der Waals surface area contributed by atoms with E-state index in [1.54, 1.807) is 0 Å². The van der Waals surface area contributed by atoms with Crippen LogP contribution in [-0.2, 0) is 15.7 Å². The molecule has 1 heterocycles. The van der Waals surface area contributed by atoms with Gasteiger partial charge in [0.2, 0.25) is 0 Å². The SMILES string of the molecule is O=C(OC1COC1)c1ccc(F)c(C(F)(F)F)c1. The van der Waals surface area contributed by atoms with Crippen molar-refractivity contribution in [2.75, 3.05) is 13.2 Å². The molecule has 0 aliphatic carbocycles. The monoisotopic (exact) mass is 264 g/mol. The van der Waals surface area contributed by atoms with Gasteiger partial charge in [0.15, 0.2) is 0 Å². The van der Waals surface area contributed by atoms with Crippen LogP contribution in [0.5, 0.6) is 0 Å². The Morgan fingerprint density at radius 1 is 1.33 bits per heavy atom. The van der Waals surface area contributed by atoms with Crippen molar-refractivity contribution in [3.05, 3.63) is 35.1 Å². The van der Waals surface area contributed by atoms with Gasteiger partial charge in [-0.3, -0.25) is 0 Å². The molecule has 0 N–H and O–H groups in total. The molecule has 0 bridgehead atoms. The van der Waals surface area contributed by atoms with E-state index in [2.05, 4.69) is 0 Å². The molecule has 0 aromatic heterocycles. The van der Waals surface area contributed by atoms with Crippen molar-refractivity contribution in [3.8, 4) is 0 Å². The van der Waals surface area contributed by atoms with Gasteiger partial charge in [-0.05, 0) is 18.2 Å². The molecule has 2 rings (SSSR count). The maximum Gasteiger partial charge on any atom is 0.419 e. The minimum absolute atomic E-state index is 0.221. The lowest BCUT2D eigenvalue weighted by Gasteiger charge is -2.25. The van der Waals surface area contributed by atoms with Gasteiger partial charge in [0.05, 0.1) is 24.3 Å². The zero-order valence-corrected chi connectivity index (χ0v) is 8.96. The minimum Gasteiger partial charge on any atom is -0.454 e. The molecule has 0 atom stereocenters. The molecule has 3 nitrogen and oxygen atoms in total. The molecule has 1 aromatic rings. The zero-order valence-electron chi connectivity index (χ0n) is 8.96. The summed E-state index contributed by atoms with van der Waals surface area (Å²) in [5.41, 5.74) is -1.82. The lowest BCUT2D eigenvalue weighted by Crippen LogP contribution is -2.37. The Kier molecular flexibility index (Phi) is 3.25. The summed E-state index contributed by atoms with van der Waals surface area (Å²) >= 11 is 0. The fraction of sp³-hybridized carbons (Fsp3) is 0.364. The van der Waals surface area contributed by atoms with Crippen LogP contribution in [0.25, 0.3) is 0 Å². The predicted octanol–water partition coefficient (Wildman–Crippen LogP) is 2.40. The lowest BCUT2D eigenvalue weighted by atomic mass is 10.1. The Morgan fingerprint density at radius 2 is 2.00 bits per heavy atom. The van der Waals surface area contributed by atoms with Crippen LogP contribution in [0.1, 0.15) is 15.9 Å². The van der Waals surface area contributed by atoms with E-state index < -0.39 is 29.6 Å². The van der Waals surface area contributed by atoms with E-state index in [9.17, 15) is 22.4 Å². The van der Waals surface area contributed by atoms with Gasteiger partial charge in [-0.25, -0.2) is 9.18 Å². The van der Waals surface area contributed by atoms with Crippen molar-refractivity contribution in [1.29, 1.82) is 0 Å². The molecule has 1 fully saturated rings. The fourth-order valence-corrected chi connectivity index (χ4v) is 1.37. The zero-order chi connectivity index (χ0) is 13.3. The van der Waals surface area contributed by atoms with Crippen LogP contribution >= 0.6 is 0 Å². The summed E-state index contributed by atoms with van der Waals surface area (Å²) in [6, 6.07) is 1.99. The van der Waals surface area contributed by atoms with Crippen molar-refractivity contribution >= 4 is 5.97 Å². The van der Waals surface area contributed by atoms with Crippen LogP contribution in [0.4, 0.5) is 17.6 Å². The highest BCUT2D eigenvalue weighted by Gasteiger charge is 2.35. The highest BCUT2D eigenvalue weighted by atomic mass is 19.4. The van der Waals surface area contributed by atoms with Gasteiger partial charge in [-0.15, -0.1) is 0 Å². The van der Waals surface area contributed by atoms with Crippen LogP contribution in [-0.4, -0.2) is 25.3 Å². The summed E-state index contributed by atoms with van der Waals surface area (Å²) in [6.45, 7) is 0.443. The van der Waals surface area contributed by atoms with Gasteiger partial charge in [0, 0.05) is 0 Å². The van der Waals surface area contributed by atoms with Gasteiger partial charge in [-0.2, -0.15) is 13.2 Å². The summed E-state index contributed by atoms with van der Waals surface area (Å²) in [5.74, 6) is -2.35. The third-order valence-corrected chi connectivity index (χ3v) is 2.39. The number of ether oxygens (including phenoxy) is 2. The molecule has 7 heteroatoms. The van der Waals surface area contributed by atoms with Gasteiger partial charge in [0.1, 0.15) is 11.9 Å². The van der Waals surface area contributed by atoms with E-state index in [-0.39, 0.29) is 18.8 Å². The standard InChI is InChI=1S/C11H8F4O3/c12-9-2-1-6(3-8(9)11(13,14)15)10(16)18-7-4-17-5-7/h1-3,7H,4-5H2. The Hall–Kier alpha value is -1.63. The number of hydrogen-bond acceptors (Lipinski definition) is 3.